The van der Waals surface area contributed by atoms with Crippen molar-refractivity contribution >= 4 is 11.6 Å². The van der Waals surface area contributed by atoms with E-state index in [-0.39, 0.29) is 11.9 Å². The van der Waals surface area contributed by atoms with E-state index in [1.54, 1.807) is 0 Å². The normalized spacial score (nSPS) is 22.1. The second-order valence-electron chi connectivity index (χ2n) is 4.91. The van der Waals surface area contributed by atoms with Crippen molar-refractivity contribution in [1.29, 1.82) is 0 Å². The van der Waals surface area contributed by atoms with Crippen LogP contribution in [-0.4, -0.2) is 25.1 Å². The number of ether oxygens (including phenoxy) is 1. The van der Waals surface area contributed by atoms with E-state index in [9.17, 15) is 4.79 Å². The van der Waals surface area contributed by atoms with Crippen molar-refractivity contribution in [2.75, 3.05) is 18.5 Å². The molecule has 3 rings (SSSR count). The fraction of sp³-hybridized carbons (Fsp3) is 0.500. The van der Waals surface area contributed by atoms with Crippen LogP contribution in [0.15, 0.2) is 18.2 Å². The summed E-state index contributed by atoms with van der Waals surface area (Å²) in [5, 5.41) is 6.24. The highest BCUT2D eigenvalue weighted by molar-refractivity contribution is 5.95. The summed E-state index contributed by atoms with van der Waals surface area (Å²) < 4.78 is 5.45. The van der Waals surface area contributed by atoms with Crippen LogP contribution in [0.25, 0.3) is 0 Å². The van der Waals surface area contributed by atoms with Crippen molar-refractivity contribution in [2.45, 2.75) is 31.7 Å². The van der Waals surface area contributed by atoms with Crippen LogP contribution in [0.5, 0.6) is 5.75 Å². The molecule has 2 aliphatic rings. The standard InChI is InChI=1S/C14H18N2O2/c17-14(12-3-1-2-7-15-12)16-11-4-5-13-10(9-11)6-8-18-13/h4-5,9,12,15H,1-3,6-8H2,(H,16,17)/t12-/m0/s1. The van der Waals surface area contributed by atoms with Crippen molar-refractivity contribution in [2.24, 2.45) is 0 Å². The Bertz CT molecular complexity index is 453. The topological polar surface area (TPSA) is 50.4 Å². The van der Waals surface area contributed by atoms with Crippen LogP contribution >= 0.6 is 0 Å². The summed E-state index contributed by atoms with van der Waals surface area (Å²) >= 11 is 0. The Hall–Kier alpha value is -1.55. The molecular formula is C14H18N2O2. The zero-order valence-electron chi connectivity index (χ0n) is 10.4. The molecule has 0 unspecified atom stereocenters. The van der Waals surface area contributed by atoms with Crippen LogP contribution in [0.3, 0.4) is 0 Å². The van der Waals surface area contributed by atoms with Gasteiger partial charge in [0.15, 0.2) is 0 Å². The van der Waals surface area contributed by atoms with Crippen LogP contribution in [0.2, 0.25) is 0 Å². The molecule has 1 fully saturated rings. The number of fused-ring (bicyclic) bond motifs is 1. The highest BCUT2D eigenvalue weighted by Crippen LogP contribution is 2.27. The molecular weight excluding hydrogens is 228 g/mol. The number of nitrogens with one attached hydrogen (secondary N) is 2. The van der Waals surface area contributed by atoms with E-state index in [0.29, 0.717) is 0 Å². The summed E-state index contributed by atoms with van der Waals surface area (Å²) in [5.74, 6) is 1.03. The summed E-state index contributed by atoms with van der Waals surface area (Å²) in [5.41, 5.74) is 2.06. The molecule has 1 aromatic rings. The number of carbonyl (C=O) groups is 1. The molecule has 4 heteroatoms. The first-order chi connectivity index (χ1) is 8.83. The average Bonchev–Trinajstić information content (AvgIpc) is 2.87. The molecule has 0 spiro atoms. The minimum absolute atomic E-state index is 0.0387. The molecule has 1 aromatic carbocycles. The number of hydrogen-bond donors (Lipinski definition) is 2. The average molecular weight is 246 g/mol. The highest BCUT2D eigenvalue weighted by atomic mass is 16.5. The van der Waals surface area contributed by atoms with Crippen LogP contribution in [0.4, 0.5) is 5.69 Å². The van der Waals surface area contributed by atoms with E-state index < -0.39 is 0 Å². The Morgan fingerprint density at radius 3 is 3.17 bits per heavy atom. The number of anilines is 1. The zero-order valence-corrected chi connectivity index (χ0v) is 10.4. The maximum absolute atomic E-state index is 12.1. The molecule has 1 saturated heterocycles. The van der Waals surface area contributed by atoms with Crippen LogP contribution in [-0.2, 0) is 11.2 Å². The number of rotatable bonds is 2. The Balaban J connectivity index is 1.66. The summed E-state index contributed by atoms with van der Waals surface area (Å²) in [4.78, 5) is 12.1. The molecule has 0 radical (unpaired) electrons. The van der Waals surface area contributed by atoms with Gasteiger partial charge in [-0.3, -0.25) is 4.79 Å². The lowest BCUT2D eigenvalue weighted by Crippen LogP contribution is -2.43. The maximum Gasteiger partial charge on any atom is 0.241 e. The van der Waals surface area contributed by atoms with E-state index in [4.69, 9.17) is 4.74 Å². The minimum Gasteiger partial charge on any atom is -0.493 e. The SMILES string of the molecule is O=C(Nc1ccc2c(c1)CCO2)[C@@H]1CCCCN1. The zero-order chi connectivity index (χ0) is 12.4. The first-order valence-corrected chi connectivity index (χ1v) is 6.63. The van der Waals surface area contributed by atoms with Gasteiger partial charge in [0, 0.05) is 12.1 Å². The molecule has 4 nitrogen and oxygen atoms in total. The van der Waals surface area contributed by atoms with Crippen LogP contribution in [0.1, 0.15) is 24.8 Å². The highest BCUT2D eigenvalue weighted by Gasteiger charge is 2.21. The van der Waals surface area contributed by atoms with Gasteiger partial charge in [-0.2, -0.15) is 0 Å². The molecule has 2 heterocycles. The van der Waals surface area contributed by atoms with Crippen molar-refractivity contribution in [1.82, 2.24) is 5.32 Å². The van der Waals surface area contributed by atoms with Gasteiger partial charge in [0.2, 0.25) is 5.91 Å². The van der Waals surface area contributed by atoms with Gasteiger partial charge in [-0.1, -0.05) is 6.42 Å². The predicted octanol–water partition coefficient (Wildman–Crippen LogP) is 1.70. The van der Waals surface area contributed by atoms with E-state index in [2.05, 4.69) is 10.6 Å². The number of carbonyl (C=O) groups excluding carboxylic acids is 1. The molecule has 2 aliphatic heterocycles. The quantitative estimate of drug-likeness (QED) is 0.835. The molecule has 0 bridgehead atoms. The molecule has 18 heavy (non-hydrogen) atoms. The van der Waals surface area contributed by atoms with E-state index in [1.165, 1.54) is 12.0 Å². The maximum atomic E-state index is 12.1. The van der Waals surface area contributed by atoms with E-state index in [1.807, 2.05) is 18.2 Å². The third kappa shape index (κ3) is 2.34. The molecule has 0 saturated carbocycles. The fourth-order valence-corrected chi connectivity index (χ4v) is 2.57. The largest absolute Gasteiger partial charge is 0.493 e. The lowest BCUT2D eigenvalue weighted by Gasteiger charge is -2.22. The number of piperidine rings is 1. The lowest BCUT2D eigenvalue weighted by molar-refractivity contribution is -0.118. The van der Waals surface area contributed by atoms with Gasteiger partial charge < -0.3 is 15.4 Å². The smallest absolute Gasteiger partial charge is 0.241 e. The molecule has 2 N–H and O–H groups in total. The summed E-state index contributed by atoms with van der Waals surface area (Å²) in [6.07, 6.45) is 4.16. The van der Waals surface area contributed by atoms with Gasteiger partial charge in [0.25, 0.3) is 0 Å². The van der Waals surface area contributed by atoms with Gasteiger partial charge in [-0.25, -0.2) is 0 Å². The van der Waals surface area contributed by atoms with E-state index >= 15 is 0 Å². The molecule has 96 valence electrons. The Morgan fingerprint density at radius 1 is 1.39 bits per heavy atom. The Labute approximate surface area is 107 Å². The van der Waals surface area contributed by atoms with Crippen molar-refractivity contribution in [3.05, 3.63) is 23.8 Å². The van der Waals surface area contributed by atoms with Crippen LogP contribution < -0.4 is 15.4 Å². The van der Waals surface area contributed by atoms with Gasteiger partial charge >= 0.3 is 0 Å². The number of amides is 1. The van der Waals surface area contributed by atoms with Gasteiger partial charge in [0.05, 0.1) is 12.6 Å². The Kier molecular flexibility index (Phi) is 3.19. The second kappa shape index (κ2) is 4.98. The Morgan fingerprint density at radius 2 is 2.33 bits per heavy atom. The molecule has 1 amide bonds. The molecule has 1 atom stereocenters. The minimum atomic E-state index is -0.0387. The second-order valence-corrected chi connectivity index (χ2v) is 4.91. The van der Waals surface area contributed by atoms with Gasteiger partial charge in [-0.15, -0.1) is 0 Å². The predicted molar refractivity (Wildman–Crippen MR) is 69.9 cm³/mol. The fourth-order valence-electron chi connectivity index (χ4n) is 2.57. The van der Waals surface area contributed by atoms with Gasteiger partial charge in [-0.05, 0) is 43.1 Å². The third-order valence-electron chi connectivity index (χ3n) is 3.58. The van der Waals surface area contributed by atoms with Crippen molar-refractivity contribution in [3.8, 4) is 5.75 Å². The first-order valence-electron chi connectivity index (χ1n) is 6.63. The monoisotopic (exact) mass is 246 g/mol. The van der Waals surface area contributed by atoms with Crippen LogP contribution in [0, 0.1) is 0 Å². The molecule has 0 aromatic heterocycles. The van der Waals surface area contributed by atoms with Crippen molar-refractivity contribution in [3.63, 3.8) is 0 Å². The van der Waals surface area contributed by atoms with Gasteiger partial charge in [0.1, 0.15) is 5.75 Å². The number of benzene rings is 1. The first kappa shape index (κ1) is 11.5. The summed E-state index contributed by atoms with van der Waals surface area (Å²) in [7, 11) is 0. The summed E-state index contributed by atoms with van der Waals surface area (Å²) in [6, 6.07) is 5.82. The third-order valence-corrected chi connectivity index (χ3v) is 3.58. The van der Waals surface area contributed by atoms with E-state index in [0.717, 1.165) is 43.9 Å². The van der Waals surface area contributed by atoms with Crippen molar-refractivity contribution < 1.29 is 9.53 Å². The molecule has 0 aliphatic carbocycles. The lowest BCUT2D eigenvalue weighted by atomic mass is 10.0. The number of hydrogen-bond acceptors (Lipinski definition) is 3. The summed E-state index contributed by atoms with van der Waals surface area (Å²) in [6.45, 7) is 1.69.